The fraction of sp³-hybridized carbons (Fsp3) is 0.0833. The number of hydrogen-bond donors (Lipinski definition) is 2. The number of anilines is 1. The molecule has 0 atom stereocenters. The van der Waals surface area contributed by atoms with Gasteiger partial charge in [0.1, 0.15) is 5.82 Å². The molecular weight excluding hydrogens is 262 g/mol. The van der Waals surface area contributed by atoms with Gasteiger partial charge in [-0.1, -0.05) is 12.1 Å². The zero-order valence-corrected chi connectivity index (χ0v) is 10.5. The van der Waals surface area contributed by atoms with Gasteiger partial charge in [-0.15, -0.1) is 0 Å². The van der Waals surface area contributed by atoms with E-state index in [-0.39, 0.29) is 22.9 Å². The van der Waals surface area contributed by atoms with E-state index in [1.165, 1.54) is 31.4 Å². The van der Waals surface area contributed by atoms with Crippen molar-refractivity contribution in [2.45, 2.75) is 0 Å². The van der Waals surface area contributed by atoms with Gasteiger partial charge in [-0.05, 0) is 0 Å². The molecule has 0 aliphatic heterocycles. The molecule has 0 radical (unpaired) electrons. The maximum absolute atomic E-state index is 11.5. The first-order chi connectivity index (χ1) is 9.52. The van der Waals surface area contributed by atoms with Crippen LogP contribution in [0, 0.1) is 10.1 Å². The van der Waals surface area contributed by atoms with Crippen LogP contribution in [0.5, 0.6) is 0 Å². The third-order valence-electron chi connectivity index (χ3n) is 2.61. The lowest BCUT2D eigenvalue weighted by molar-refractivity contribution is -0.384. The number of carbonyl (C=O) groups excluding carboxylic acids is 1. The number of non-ortho nitro benzene ring substituents is 1. The van der Waals surface area contributed by atoms with Crippen molar-refractivity contribution in [3.8, 4) is 11.4 Å². The standard InChI is InChI=1S/C12H11N5O3/c1-14-12(18)9-6-15-11(16-10(9)13)7-3-2-4-8(5-7)17(19)20/h2-6H,1H3,(H,14,18)(H2,13,15,16). The van der Waals surface area contributed by atoms with E-state index in [0.717, 1.165) is 0 Å². The van der Waals surface area contributed by atoms with Crippen molar-refractivity contribution in [1.29, 1.82) is 0 Å². The van der Waals surface area contributed by atoms with Crippen molar-refractivity contribution in [2.24, 2.45) is 0 Å². The number of aromatic nitrogens is 2. The predicted molar refractivity (Wildman–Crippen MR) is 71.9 cm³/mol. The average Bonchev–Trinajstić information content (AvgIpc) is 2.46. The highest BCUT2D eigenvalue weighted by molar-refractivity contribution is 5.98. The number of nitro benzene ring substituents is 1. The summed E-state index contributed by atoms with van der Waals surface area (Å²) in [6, 6.07) is 5.86. The number of carbonyl (C=O) groups is 1. The lowest BCUT2D eigenvalue weighted by atomic mass is 10.2. The highest BCUT2D eigenvalue weighted by atomic mass is 16.6. The highest BCUT2D eigenvalue weighted by Gasteiger charge is 2.13. The number of hydrogen-bond acceptors (Lipinski definition) is 6. The maximum atomic E-state index is 11.5. The third-order valence-corrected chi connectivity index (χ3v) is 2.61. The molecular formula is C12H11N5O3. The van der Waals surface area contributed by atoms with Gasteiger partial charge in [0.25, 0.3) is 11.6 Å². The summed E-state index contributed by atoms with van der Waals surface area (Å²) in [5.41, 5.74) is 6.23. The molecule has 0 spiro atoms. The number of nitrogen functional groups attached to an aromatic ring is 1. The fourth-order valence-corrected chi connectivity index (χ4v) is 1.60. The number of benzene rings is 1. The molecule has 0 saturated carbocycles. The Balaban J connectivity index is 2.44. The average molecular weight is 273 g/mol. The van der Waals surface area contributed by atoms with Crippen LogP contribution in [0.2, 0.25) is 0 Å². The van der Waals surface area contributed by atoms with Gasteiger partial charge in [0, 0.05) is 30.9 Å². The topological polar surface area (TPSA) is 124 Å². The van der Waals surface area contributed by atoms with Crippen LogP contribution in [-0.2, 0) is 0 Å². The van der Waals surface area contributed by atoms with Crippen molar-refractivity contribution in [3.05, 3.63) is 46.1 Å². The summed E-state index contributed by atoms with van der Waals surface area (Å²) in [6.45, 7) is 0. The van der Waals surface area contributed by atoms with Crippen LogP contribution in [0.4, 0.5) is 11.5 Å². The maximum Gasteiger partial charge on any atom is 0.270 e. The second-order valence-electron chi connectivity index (χ2n) is 3.88. The molecule has 1 amide bonds. The van der Waals surface area contributed by atoms with Crippen molar-refractivity contribution in [1.82, 2.24) is 15.3 Å². The minimum absolute atomic E-state index is 0.0147. The number of nitrogens with two attached hydrogens (primary N) is 1. The molecule has 3 N–H and O–H groups in total. The van der Waals surface area contributed by atoms with E-state index in [1.807, 2.05) is 0 Å². The molecule has 20 heavy (non-hydrogen) atoms. The van der Waals surface area contributed by atoms with Gasteiger partial charge in [-0.3, -0.25) is 14.9 Å². The molecule has 102 valence electrons. The van der Waals surface area contributed by atoms with Gasteiger partial charge in [0.05, 0.1) is 10.5 Å². The lowest BCUT2D eigenvalue weighted by Gasteiger charge is -2.05. The van der Waals surface area contributed by atoms with Crippen LogP contribution in [-0.4, -0.2) is 27.8 Å². The Morgan fingerprint density at radius 1 is 1.45 bits per heavy atom. The van der Waals surface area contributed by atoms with E-state index in [2.05, 4.69) is 15.3 Å². The van der Waals surface area contributed by atoms with Gasteiger partial charge < -0.3 is 11.1 Å². The minimum atomic E-state index is -0.508. The second kappa shape index (κ2) is 5.31. The van der Waals surface area contributed by atoms with Gasteiger partial charge in [0.15, 0.2) is 5.82 Å². The summed E-state index contributed by atoms with van der Waals surface area (Å²) in [5.74, 6) is -0.159. The van der Waals surface area contributed by atoms with Crippen LogP contribution < -0.4 is 11.1 Å². The van der Waals surface area contributed by atoms with Gasteiger partial charge in [-0.2, -0.15) is 0 Å². The van der Waals surface area contributed by atoms with E-state index in [9.17, 15) is 14.9 Å². The molecule has 2 rings (SSSR count). The molecule has 8 nitrogen and oxygen atoms in total. The van der Waals surface area contributed by atoms with Crippen LogP contribution in [0.15, 0.2) is 30.5 Å². The Hall–Kier alpha value is -3.03. The summed E-state index contributed by atoms with van der Waals surface area (Å²) >= 11 is 0. The van der Waals surface area contributed by atoms with E-state index >= 15 is 0 Å². The summed E-state index contributed by atoms with van der Waals surface area (Å²) in [4.78, 5) is 29.7. The van der Waals surface area contributed by atoms with Gasteiger partial charge in [0.2, 0.25) is 0 Å². The molecule has 1 aromatic carbocycles. The zero-order chi connectivity index (χ0) is 14.7. The van der Waals surface area contributed by atoms with Crippen LogP contribution in [0.1, 0.15) is 10.4 Å². The molecule has 0 saturated heterocycles. The Morgan fingerprint density at radius 3 is 2.80 bits per heavy atom. The fourth-order valence-electron chi connectivity index (χ4n) is 1.60. The molecule has 1 heterocycles. The first-order valence-corrected chi connectivity index (χ1v) is 5.62. The monoisotopic (exact) mass is 273 g/mol. The smallest absolute Gasteiger partial charge is 0.270 e. The number of nitrogens with zero attached hydrogens (tertiary/aromatic N) is 3. The first-order valence-electron chi connectivity index (χ1n) is 5.62. The molecule has 0 fully saturated rings. The Morgan fingerprint density at radius 2 is 2.20 bits per heavy atom. The van der Waals surface area contributed by atoms with E-state index in [4.69, 9.17) is 5.73 Å². The predicted octanol–water partition coefficient (Wildman–Crippen LogP) is 0.994. The zero-order valence-electron chi connectivity index (χ0n) is 10.5. The van der Waals surface area contributed by atoms with Crippen molar-refractivity contribution in [2.75, 3.05) is 12.8 Å². The number of nitro groups is 1. The van der Waals surface area contributed by atoms with Crippen molar-refractivity contribution >= 4 is 17.4 Å². The summed E-state index contributed by atoms with van der Waals surface area (Å²) in [6.07, 6.45) is 1.29. The summed E-state index contributed by atoms with van der Waals surface area (Å²) in [5, 5.41) is 13.1. The Labute approximate surface area is 113 Å². The molecule has 2 aromatic rings. The van der Waals surface area contributed by atoms with Crippen LogP contribution >= 0.6 is 0 Å². The lowest BCUT2D eigenvalue weighted by Crippen LogP contribution is -2.20. The molecule has 0 unspecified atom stereocenters. The van der Waals surface area contributed by atoms with Gasteiger partial charge >= 0.3 is 0 Å². The normalized spacial score (nSPS) is 10.1. The van der Waals surface area contributed by atoms with E-state index in [1.54, 1.807) is 6.07 Å². The molecule has 0 aliphatic carbocycles. The Kier molecular flexibility index (Phi) is 3.56. The minimum Gasteiger partial charge on any atom is -0.383 e. The number of amides is 1. The van der Waals surface area contributed by atoms with Crippen molar-refractivity contribution < 1.29 is 9.72 Å². The number of rotatable bonds is 3. The highest BCUT2D eigenvalue weighted by Crippen LogP contribution is 2.22. The van der Waals surface area contributed by atoms with Crippen molar-refractivity contribution in [3.63, 3.8) is 0 Å². The van der Waals surface area contributed by atoms with Gasteiger partial charge in [-0.25, -0.2) is 9.97 Å². The largest absolute Gasteiger partial charge is 0.383 e. The summed E-state index contributed by atoms with van der Waals surface area (Å²) < 4.78 is 0. The third kappa shape index (κ3) is 2.53. The van der Waals surface area contributed by atoms with E-state index in [0.29, 0.717) is 5.56 Å². The quantitative estimate of drug-likeness (QED) is 0.634. The molecule has 1 aromatic heterocycles. The summed E-state index contributed by atoms with van der Waals surface area (Å²) in [7, 11) is 1.47. The van der Waals surface area contributed by atoms with Crippen LogP contribution in [0.3, 0.4) is 0 Å². The van der Waals surface area contributed by atoms with Crippen LogP contribution in [0.25, 0.3) is 11.4 Å². The first kappa shape index (κ1) is 13.4. The number of nitrogens with one attached hydrogen (secondary N) is 1. The molecule has 0 aliphatic rings. The SMILES string of the molecule is CNC(=O)c1cnc(-c2cccc([N+](=O)[O-])c2)nc1N. The second-order valence-corrected chi connectivity index (χ2v) is 3.88. The van der Waals surface area contributed by atoms with E-state index < -0.39 is 10.8 Å². The Bertz CT molecular complexity index is 687. The molecule has 0 bridgehead atoms. The molecule has 8 heteroatoms.